The van der Waals surface area contributed by atoms with E-state index < -0.39 is 10.0 Å². The van der Waals surface area contributed by atoms with Gasteiger partial charge in [-0.25, -0.2) is 8.42 Å². The van der Waals surface area contributed by atoms with Gasteiger partial charge in [0.05, 0.1) is 26.3 Å². The first-order valence-corrected chi connectivity index (χ1v) is 9.94. The fourth-order valence-corrected chi connectivity index (χ4v) is 4.41. The summed E-state index contributed by atoms with van der Waals surface area (Å²) in [7, 11) is -3.70. The first-order chi connectivity index (χ1) is 11.4. The molecule has 7 heteroatoms. The van der Waals surface area contributed by atoms with Gasteiger partial charge in [-0.15, -0.1) is 0 Å². The number of hydrogen-bond acceptors (Lipinski definition) is 3. The van der Waals surface area contributed by atoms with Gasteiger partial charge in [-0.05, 0) is 44.0 Å². The Morgan fingerprint density at radius 3 is 2.25 bits per heavy atom. The quantitative estimate of drug-likeness (QED) is 0.830. The smallest absolute Gasteiger partial charge is 0.261 e. The van der Waals surface area contributed by atoms with Crippen molar-refractivity contribution in [2.75, 3.05) is 22.7 Å². The van der Waals surface area contributed by atoms with E-state index in [1.54, 1.807) is 36.4 Å². The van der Waals surface area contributed by atoms with E-state index in [1.165, 1.54) is 0 Å². The van der Waals surface area contributed by atoms with E-state index in [0.29, 0.717) is 10.7 Å². The molecule has 0 saturated carbocycles. The van der Waals surface area contributed by atoms with Crippen LogP contribution in [0.4, 0.5) is 11.4 Å². The van der Waals surface area contributed by atoms with Crippen LogP contribution in [0.5, 0.6) is 0 Å². The molecule has 0 radical (unpaired) electrons. The summed E-state index contributed by atoms with van der Waals surface area (Å²) >= 11 is 12.5. The molecule has 0 amide bonds. The lowest BCUT2D eigenvalue weighted by Gasteiger charge is -2.21. The Bertz CT molecular complexity index is 846. The number of hydrogen-bond donors (Lipinski definition) is 1. The lowest BCUT2D eigenvalue weighted by Crippen LogP contribution is -2.19. The summed E-state index contributed by atoms with van der Waals surface area (Å²) in [6.45, 7) is 3.72. The third-order valence-corrected chi connectivity index (χ3v) is 6.06. The minimum absolute atomic E-state index is 0.196. The van der Waals surface area contributed by atoms with E-state index in [4.69, 9.17) is 23.2 Å². The maximum Gasteiger partial charge on any atom is 0.261 e. The van der Waals surface area contributed by atoms with Crippen LogP contribution >= 0.6 is 23.2 Å². The number of rotatable bonds is 4. The predicted octanol–water partition coefficient (Wildman–Crippen LogP) is 4.70. The molecule has 1 heterocycles. The molecule has 0 aliphatic carbocycles. The summed E-state index contributed by atoms with van der Waals surface area (Å²) in [5.41, 5.74) is 2.14. The van der Waals surface area contributed by atoms with Crippen molar-refractivity contribution in [3.8, 4) is 0 Å². The summed E-state index contributed by atoms with van der Waals surface area (Å²) in [4.78, 5) is 2.34. The van der Waals surface area contributed by atoms with Crippen molar-refractivity contribution < 1.29 is 8.42 Å². The Morgan fingerprint density at radius 2 is 1.62 bits per heavy atom. The monoisotopic (exact) mass is 384 g/mol. The minimum atomic E-state index is -3.70. The van der Waals surface area contributed by atoms with Crippen molar-refractivity contribution in [3.05, 3.63) is 52.0 Å². The molecular formula is C17H18Cl2N2O2S. The van der Waals surface area contributed by atoms with Gasteiger partial charge in [0.25, 0.3) is 10.0 Å². The second-order valence-electron chi connectivity index (χ2n) is 5.90. The largest absolute Gasteiger partial charge is 0.370 e. The second kappa shape index (κ2) is 6.82. The zero-order valence-corrected chi connectivity index (χ0v) is 15.5. The number of halogens is 2. The van der Waals surface area contributed by atoms with E-state index >= 15 is 0 Å². The van der Waals surface area contributed by atoms with Crippen LogP contribution in [-0.2, 0) is 10.0 Å². The summed E-state index contributed by atoms with van der Waals surface area (Å²) in [6, 6.07) is 9.96. The Kier molecular flexibility index (Phi) is 4.95. The van der Waals surface area contributed by atoms with E-state index in [2.05, 4.69) is 9.62 Å². The molecule has 1 aliphatic rings. The van der Waals surface area contributed by atoms with Gasteiger partial charge in [0.15, 0.2) is 0 Å². The van der Waals surface area contributed by atoms with Gasteiger partial charge in [0.1, 0.15) is 0 Å². The molecule has 24 heavy (non-hydrogen) atoms. The highest BCUT2D eigenvalue weighted by atomic mass is 35.5. The van der Waals surface area contributed by atoms with Crippen LogP contribution in [0.15, 0.2) is 41.3 Å². The van der Waals surface area contributed by atoms with Gasteiger partial charge in [-0.3, -0.25) is 4.72 Å². The SMILES string of the molecule is Cc1ccc(S(=O)(=O)Nc2cc(N3CCCC3)c(Cl)cc2Cl)cc1. The van der Waals surface area contributed by atoms with Gasteiger partial charge in [-0.1, -0.05) is 40.9 Å². The standard InChI is InChI=1S/C17H18Cl2N2O2S/c1-12-4-6-13(7-5-12)24(22,23)20-16-11-17(15(19)10-14(16)18)21-8-2-3-9-21/h4-7,10-11,20H,2-3,8-9H2,1H3. The van der Waals surface area contributed by atoms with Crippen molar-refractivity contribution >= 4 is 44.6 Å². The third kappa shape index (κ3) is 3.63. The van der Waals surface area contributed by atoms with Crippen molar-refractivity contribution in [2.24, 2.45) is 0 Å². The first-order valence-electron chi connectivity index (χ1n) is 7.70. The van der Waals surface area contributed by atoms with E-state index in [-0.39, 0.29) is 9.92 Å². The molecule has 3 rings (SSSR count). The average Bonchev–Trinajstić information content (AvgIpc) is 3.04. The van der Waals surface area contributed by atoms with Crippen LogP contribution in [0, 0.1) is 6.92 Å². The molecule has 2 aromatic carbocycles. The second-order valence-corrected chi connectivity index (χ2v) is 8.39. The van der Waals surface area contributed by atoms with Crippen LogP contribution in [0.1, 0.15) is 18.4 Å². The zero-order valence-electron chi connectivity index (χ0n) is 13.2. The molecule has 1 fully saturated rings. The topological polar surface area (TPSA) is 49.4 Å². The Hall–Kier alpha value is -1.43. The molecule has 0 bridgehead atoms. The Morgan fingerprint density at radius 1 is 1.00 bits per heavy atom. The highest BCUT2D eigenvalue weighted by Crippen LogP contribution is 2.37. The molecule has 0 unspecified atom stereocenters. The average molecular weight is 385 g/mol. The van der Waals surface area contributed by atoms with Crippen molar-refractivity contribution in [1.29, 1.82) is 0 Å². The van der Waals surface area contributed by atoms with Crippen LogP contribution in [0.2, 0.25) is 10.0 Å². The van der Waals surface area contributed by atoms with E-state index in [9.17, 15) is 8.42 Å². The van der Waals surface area contributed by atoms with Gasteiger partial charge < -0.3 is 4.90 Å². The summed E-state index contributed by atoms with van der Waals surface area (Å²) in [5.74, 6) is 0. The number of benzene rings is 2. The van der Waals surface area contributed by atoms with Crippen molar-refractivity contribution in [1.82, 2.24) is 0 Å². The Labute approximate surface area is 152 Å². The van der Waals surface area contributed by atoms with E-state index in [0.717, 1.165) is 37.2 Å². The van der Waals surface area contributed by atoms with Gasteiger partial charge >= 0.3 is 0 Å². The number of nitrogens with one attached hydrogen (secondary N) is 1. The predicted molar refractivity (Wildman–Crippen MR) is 99.9 cm³/mol. The maximum absolute atomic E-state index is 12.6. The number of aryl methyl sites for hydroxylation is 1. The highest BCUT2D eigenvalue weighted by Gasteiger charge is 2.20. The number of anilines is 2. The maximum atomic E-state index is 12.6. The summed E-state index contributed by atoms with van der Waals surface area (Å²) in [6.07, 6.45) is 2.20. The number of nitrogens with zero attached hydrogens (tertiary/aromatic N) is 1. The molecule has 128 valence electrons. The van der Waals surface area contributed by atoms with Crippen LogP contribution in [0.3, 0.4) is 0 Å². The van der Waals surface area contributed by atoms with E-state index in [1.807, 2.05) is 6.92 Å². The molecule has 0 spiro atoms. The van der Waals surface area contributed by atoms with Crippen LogP contribution < -0.4 is 9.62 Å². The molecule has 2 aromatic rings. The lowest BCUT2D eigenvalue weighted by molar-refractivity contribution is 0.601. The van der Waals surface area contributed by atoms with Gasteiger partial charge in [0, 0.05) is 13.1 Å². The molecule has 1 aliphatic heterocycles. The molecular weight excluding hydrogens is 367 g/mol. The Balaban J connectivity index is 1.94. The lowest BCUT2D eigenvalue weighted by atomic mass is 10.2. The van der Waals surface area contributed by atoms with Crippen molar-refractivity contribution in [2.45, 2.75) is 24.7 Å². The molecule has 0 atom stereocenters. The first kappa shape index (κ1) is 17.4. The number of sulfonamides is 1. The van der Waals surface area contributed by atoms with Gasteiger partial charge in [0.2, 0.25) is 0 Å². The molecule has 1 saturated heterocycles. The highest BCUT2D eigenvalue weighted by molar-refractivity contribution is 7.92. The summed E-state index contributed by atoms with van der Waals surface area (Å²) < 4.78 is 27.7. The molecule has 0 aromatic heterocycles. The fourth-order valence-electron chi connectivity index (χ4n) is 2.74. The van der Waals surface area contributed by atoms with Crippen LogP contribution in [-0.4, -0.2) is 21.5 Å². The fraction of sp³-hybridized carbons (Fsp3) is 0.294. The van der Waals surface area contributed by atoms with Crippen LogP contribution in [0.25, 0.3) is 0 Å². The zero-order chi connectivity index (χ0) is 17.3. The summed E-state index contributed by atoms with van der Waals surface area (Å²) in [5, 5.41) is 0.804. The van der Waals surface area contributed by atoms with Crippen molar-refractivity contribution in [3.63, 3.8) is 0 Å². The third-order valence-electron chi connectivity index (χ3n) is 4.06. The van der Waals surface area contributed by atoms with Gasteiger partial charge in [-0.2, -0.15) is 0 Å². The minimum Gasteiger partial charge on any atom is -0.370 e. The molecule has 1 N–H and O–H groups in total. The normalized spacial score (nSPS) is 14.9. The molecule has 4 nitrogen and oxygen atoms in total.